The standard InChI is InChI=1S/C11H21NO2/c1-10(2)6-5-7-11(3,4)12(10)8-9(13)14/h5-8H2,1-4H3,(H,13,14). The molecule has 0 spiro atoms. The van der Waals surface area contributed by atoms with Gasteiger partial charge >= 0.3 is 5.97 Å². The van der Waals surface area contributed by atoms with Gasteiger partial charge in [-0.25, -0.2) is 0 Å². The molecule has 1 aliphatic rings. The van der Waals surface area contributed by atoms with Crippen molar-refractivity contribution in [1.82, 2.24) is 4.90 Å². The quantitative estimate of drug-likeness (QED) is 0.740. The smallest absolute Gasteiger partial charge is 0.317 e. The Kier molecular flexibility index (Phi) is 2.91. The van der Waals surface area contributed by atoms with Gasteiger partial charge in [0.15, 0.2) is 0 Å². The Morgan fingerprint density at radius 3 is 2.00 bits per heavy atom. The van der Waals surface area contributed by atoms with Crippen LogP contribution in [-0.2, 0) is 4.79 Å². The van der Waals surface area contributed by atoms with Gasteiger partial charge in [0, 0.05) is 11.1 Å². The molecule has 0 unspecified atom stereocenters. The molecule has 1 saturated heterocycles. The Morgan fingerprint density at radius 2 is 1.64 bits per heavy atom. The molecule has 0 radical (unpaired) electrons. The van der Waals surface area contributed by atoms with Crippen LogP contribution >= 0.6 is 0 Å². The Hall–Kier alpha value is -0.570. The maximum atomic E-state index is 10.8. The molecule has 0 aromatic carbocycles. The normalized spacial score (nSPS) is 26.0. The fraction of sp³-hybridized carbons (Fsp3) is 0.909. The summed E-state index contributed by atoms with van der Waals surface area (Å²) in [7, 11) is 0. The van der Waals surface area contributed by atoms with Crippen LogP contribution in [0, 0.1) is 0 Å². The van der Waals surface area contributed by atoms with Crippen molar-refractivity contribution in [3.05, 3.63) is 0 Å². The van der Waals surface area contributed by atoms with E-state index in [1.165, 1.54) is 6.42 Å². The minimum atomic E-state index is -0.729. The molecule has 14 heavy (non-hydrogen) atoms. The van der Waals surface area contributed by atoms with Gasteiger partial charge < -0.3 is 5.11 Å². The third kappa shape index (κ3) is 2.27. The van der Waals surface area contributed by atoms with E-state index < -0.39 is 5.97 Å². The summed E-state index contributed by atoms with van der Waals surface area (Å²) < 4.78 is 0. The number of piperidine rings is 1. The van der Waals surface area contributed by atoms with Crippen molar-refractivity contribution in [2.45, 2.75) is 58.0 Å². The SMILES string of the molecule is CC1(C)CCCC(C)(C)N1CC(=O)O. The second-order valence-corrected chi connectivity index (χ2v) is 5.46. The third-order valence-corrected chi connectivity index (χ3v) is 3.33. The zero-order chi connectivity index (χ0) is 11.0. The lowest BCUT2D eigenvalue weighted by molar-refractivity contribution is -0.144. The topological polar surface area (TPSA) is 40.5 Å². The first-order valence-electron chi connectivity index (χ1n) is 5.25. The highest BCUT2D eigenvalue weighted by Gasteiger charge is 2.41. The maximum Gasteiger partial charge on any atom is 0.317 e. The summed E-state index contributed by atoms with van der Waals surface area (Å²) in [6, 6.07) is 0. The van der Waals surface area contributed by atoms with Crippen molar-refractivity contribution in [2.24, 2.45) is 0 Å². The lowest BCUT2D eigenvalue weighted by Gasteiger charge is -2.52. The zero-order valence-electron chi connectivity index (χ0n) is 9.63. The van der Waals surface area contributed by atoms with Gasteiger partial charge in [-0.1, -0.05) is 0 Å². The lowest BCUT2D eigenvalue weighted by Crippen LogP contribution is -2.59. The predicted molar refractivity (Wildman–Crippen MR) is 56.4 cm³/mol. The zero-order valence-corrected chi connectivity index (χ0v) is 9.63. The van der Waals surface area contributed by atoms with Gasteiger partial charge in [-0.15, -0.1) is 0 Å². The van der Waals surface area contributed by atoms with Gasteiger partial charge in [-0.3, -0.25) is 9.69 Å². The summed E-state index contributed by atoms with van der Waals surface area (Å²) in [5.41, 5.74) is 0.0281. The summed E-state index contributed by atoms with van der Waals surface area (Å²) in [5.74, 6) is -0.729. The Labute approximate surface area is 86.1 Å². The average Bonchev–Trinajstić information content (AvgIpc) is 1.96. The summed E-state index contributed by atoms with van der Waals surface area (Å²) in [4.78, 5) is 12.9. The highest BCUT2D eigenvalue weighted by Crippen LogP contribution is 2.37. The molecule has 1 rings (SSSR count). The third-order valence-electron chi connectivity index (χ3n) is 3.33. The van der Waals surface area contributed by atoms with Crippen molar-refractivity contribution in [3.8, 4) is 0 Å². The molecule has 0 amide bonds. The Balaban J connectivity index is 2.85. The van der Waals surface area contributed by atoms with Crippen molar-refractivity contribution < 1.29 is 9.90 Å². The van der Waals surface area contributed by atoms with Crippen LogP contribution in [0.15, 0.2) is 0 Å². The first kappa shape index (κ1) is 11.5. The number of carbonyl (C=O) groups is 1. The Morgan fingerprint density at radius 1 is 1.21 bits per heavy atom. The maximum absolute atomic E-state index is 10.8. The number of hydrogen-bond acceptors (Lipinski definition) is 2. The number of aliphatic carboxylic acids is 1. The first-order chi connectivity index (χ1) is 6.26. The second kappa shape index (κ2) is 3.54. The van der Waals surface area contributed by atoms with E-state index in [9.17, 15) is 4.79 Å². The van der Waals surface area contributed by atoms with Crippen LogP contribution in [0.4, 0.5) is 0 Å². The number of carboxylic acid groups (broad SMARTS) is 1. The van der Waals surface area contributed by atoms with Crippen LogP contribution in [0.25, 0.3) is 0 Å². The number of nitrogens with zero attached hydrogens (tertiary/aromatic N) is 1. The molecular weight excluding hydrogens is 178 g/mol. The van der Waals surface area contributed by atoms with Crippen LogP contribution in [0.1, 0.15) is 47.0 Å². The minimum absolute atomic E-state index is 0.0140. The van der Waals surface area contributed by atoms with Crippen LogP contribution in [0.3, 0.4) is 0 Å². The van der Waals surface area contributed by atoms with Gasteiger partial charge in [0.25, 0.3) is 0 Å². The van der Waals surface area contributed by atoms with Gasteiger partial charge in [0.2, 0.25) is 0 Å². The minimum Gasteiger partial charge on any atom is -0.480 e. The fourth-order valence-corrected chi connectivity index (χ4v) is 2.61. The van der Waals surface area contributed by atoms with Crippen molar-refractivity contribution >= 4 is 5.97 Å². The molecule has 0 aliphatic carbocycles. The molecule has 1 aliphatic heterocycles. The highest BCUT2D eigenvalue weighted by atomic mass is 16.4. The van der Waals surface area contributed by atoms with Gasteiger partial charge in [-0.2, -0.15) is 0 Å². The van der Waals surface area contributed by atoms with E-state index in [0.29, 0.717) is 0 Å². The van der Waals surface area contributed by atoms with Crippen molar-refractivity contribution in [1.29, 1.82) is 0 Å². The molecule has 0 aromatic heterocycles. The molecule has 0 aromatic rings. The lowest BCUT2D eigenvalue weighted by atomic mass is 9.80. The Bertz CT molecular complexity index is 217. The molecule has 82 valence electrons. The van der Waals surface area contributed by atoms with E-state index in [0.717, 1.165) is 12.8 Å². The summed E-state index contributed by atoms with van der Waals surface area (Å²) in [6.07, 6.45) is 3.36. The number of rotatable bonds is 2. The highest BCUT2D eigenvalue weighted by molar-refractivity contribution is 5.69. The van der Waals surface area contributed by atoms with E-state index in [2.05, 4.69) is 32.6 Å². The fourth-order valence-electron chi connectivity index (χ4n) is 2.61. The largest absolute Gasteiger partial charge is 0.480 e. The molecule has 0 atom stereocenters. The van der Waals surface area contributed by atoms with Gasteiger partial charge in [0.1, 0.15) is 0 Å². The van der Waals surface area contributed by atoms with E-state index in [1.807, 2.05) is 0 Å². The predicted octanol–water partition coefficient (Wildman–Crippen LogP) is 2.11. The summed E-state index contributed by atoms with van der Waals surface area (Å²) >= 11 is 0. The van der Waals surface area contributed by atoms with E-state index >= 15 is 0 Å². The average molecular weight is 199 g/mol. The van der Waals surface area contributed by atoms with Crippen LogP contribution in [-0.4, -0.2) is 33.6 Å². The molecular formula is C11H21NO2. The van der Waals surface area contributed by atoms with Gasteiger partial charge in [0.05, 0.1) is 6.54 Å². The molecule has 3 nitrogen and oxygen atoms in total. The molecule has 3 heteroatoms. The molecule has 0 saturated carbocycles. The molecule has 1 heterocycles. The van der Waals surface area contributed by atoms with E-state index in [1.54, 1.807) is 0 Å². The number of hydrogen-bond donors (Lipinski definition) is 1. The number of carboxylic acids is 1. The van der Waals surface area contributed by atoms with E-state index in [-0.39, 0.29) is 17.6 Å². The van der Waals surface area contributed by atoms with Crippen LogP contribution in [0.5, 0.6) is 0 Å². The summed E-state index contributed by atoms with van der Waals surface area (Å²) in [5, 5.41) is 8.89. The number of likely N-dealkylation sites (tertiary alicyclic amines) is 1. The van der Waals surface area contributed by atoms with Crippen LogP contribution < -0.4 is 0 Å². The van der Waals surface area contributed by atoms with Crippen molar-refractivity contribution in [2.75, 3.05) is 6.54 Å². The van der Waals surface area contributed by atoms with Crippen molar-refractivity contribution in [3.63, 3.8) is 0 Å². The molecule has 0 bridgehead atoms. The van der Waals surface area contributed by atoms with E-state index in [4.69, 9.17) is 5.11 Å². The van der Waals surface area contributed by atoms with Crippen LogP contribution in [0.2, 0.25) is 0 Å². The second-order valence-electron chi connectivity index (χ2n) is 5.46. The van der Waals surface area contributed by atoms with Gasteiger partial charge in [-0.05, 0) is 47.0 Å². The molecule has 1 fully saturated rings. The molecule has 1 N–H and O–H groups in total. The monoisotopic (exact) mass is 199 g/mol. The first-order valence-corrected chi connectivity index (χ1v) is 5.25. The summed E-state index contributed by atoms with van der Waals surface area (Å²) in [6.45, 7) is 8.70.